The second kappa shape index (κ2) is 8.20. The van der Waals surface area contributed by atoms with E-state index in [0.29, 0.717) is 0 Å². The first-order chi connectivity index (χ1) is 16.2. The summed E-state index contributed by atoms with van der Waals surface area (Å²) in [6.45, 7) is 5.46. The smallest absolute Gasteiger partial charge is 0.213 e. The Morgan fingerprint density at radius 1 is 1.03 bits per heavy atom. The van der Waals surface area contributed by atoms with Gasteiger partial charge in [0.15, 0.2) is 11.5 Å². The molecule has 1 atom stereocenters. The van der Waals surface area contributed by atoms with Gasteiger partial charge in [0.05, 0.1) is 10.4 Å². The summed E-state index contributed by atoms with van der Waals surface area (Å²) in [5, 5.41) is 12.2. The predicted octanol–water partition coefficient (Wildman–Crippen LogP) is 4.86. The molecule has 0 N–H and O–H groups in total. The maximum absolute atomic E-state index is 13.7. The van der Waals surface area contributed by atoms with Gasteiger partial charge in [0, 0.05) is 37.6 Å². The maximum atomic E-state index is 13.7. The number of thiophene rings is 1. The number of fused-ring (bicyclic) bond motifs is 3. The first-order valence-electron chi connectivity index (χ1n) is 11.1. The van der Waals surface area contributed by atoms with Crippen LogP contribution in [-0.4, -0.2) is 50.2 Å². The van der Waals surface area contributed by atoms with Crippen LogP contribution in [0.1, 0.15) is 12.5 Å². The standard InChI is InChI=1S/C25H23FN6S/c1-17-15-31(12-11-30(17)16-18-6-4-7-19(26)14-18)25-27-21-9-3-2-8-20(21)23-28-29-24(32(23)25)22-10-5-13-33-22/h2-10,13-14,17H,11-12,15-16H2,1H3/t17-/m0/s1. The molecule has 0 unspecified atom stereocenters. The molecule has 166 valence electrons. The summed E-state index contributed by atoms with van der Waals surface area (Å²) in [5.74, 6) is 1.51. The Hall–Kier alpha value is -3.36. The lowest BCUT2D eigenvalue weighted by molar-refractivity contribution is 0.180. The maximum Gasteiger partial charge on any atom is 0.213 e. The van der Waals surface area contributed by atoms with Crippen molar-refractivity contribution in [3.05, 3.63) is 77.4 Å². The van der Waals surface area contributed by atoms with Crippen molar-refractivity contribution in [1.82, 2.24) is 24.5 Å². The minimum atomic E-state index is -0.185. The molecule has 0 amide bonds. The third-order valence-electron chi connectivity index (χ3n) is 6.29. The molecule has 0 aliphatic carbocycles. The van der Waals surface area contributed by atoms with E-state index in [-0.39, 0.29) is 11.9 Å². The van der Waals surface area contributed by atoms with Gasteiger partial charge in [-0.2, -0.15) is 0 Å². The van der Waals surface area contributed by atoms with Crippen molar-refractivity contribution >= 4 is 33.8 Å². The number of halogens is 1. The van der Waals surface area contributed by atoms with Crippen molar-refractivity contribution < 1.29 is 4.39 Å². The highest BCUT2D eigenvalue weighted by Gasteiger charge is 2.28. The van der Waals surface area contributed by atoms with Crippen LogP contribution in [-0.2, 0) is 6.54 Å². The number of hydrogen-bond acceptors (Lipinski definition) is 6. The Bertz CT molecular complexity index is 1430. The van der Waals surface area contributed by atoms with Gasteiger partial charge in [0.1, 0.15) is 5.82 Å². The number of benzene rings is 2. The molecule has 6 nitrogen and oxygen atoms in total. The largest absolute Gasteiger partial charge is 0.339 e. The van der Waals surface area contributed by atoms with Crippen molar-refractivity contribution in [3.8, 4) is 10.7 Å². The molecule has 6 rings (SSSR count). The quantitative estimate of drug-likeness (QED) is 0.385. The summed E-state index contributed by atoms with van der Waals surface area (Å²) in [7, 11) is 0. The molecule has 1 saturated heterocycles. The van der Waals surface area contributed by atoms with Crippen LogP contribution in [0, 0.1) is 5.82 Å². The molecule has 1 fully saturated rings. The Balaban J connectivity index is 1.38. The van der Waals surface area contributed by atoms with Gasteiger partial charge in [-0.15, -0.1) is 21.5 Å². The van der Waals surface area contributed by atoms with E-state index in [0.717, 1.165) is 64.9 Å². The molecule has 0 saturated carbocycles. The van der Waals surface area contributed by atoms with Crippen LogP contribution in [0.4, 0.5) is 10.3 Å². The number of hydrogen-bond donors (Lipinski definition) is 0. The van der Waals surface area contributed by atoms with Crippen LogP contribution in [0.2, 0.25) is 0 Å². The molecule has 0 bridgehead atoms. The molecule has 33 heavy (non-hydrogen) atoms. The minimum absolute atomic E-state index is 0.185. The summed E-state index contributed by atoms with van der Waals surface area (Å²) in [5.41, 5.74) is 2.74. The van der Waals surface area contributed by atoms with E-state index in [2.05, 4.69) is 42.8 Å². The Morgan fingerprint density at radius 2 is 1.94 bits per heavy atom. The Kier molecular flexibility index (Phi) is 5.04. The average Bonchev–Trinajstić information content (AvgIpc) is 3.50. The molecule has 0 spiro atoms. The number of para-hydroxylation sites is 1. The lowest BCUT2D eigenvalue weighted by atomic mass is 10.1. The second-order valence-corrected chi connectivity index (χ2v) is 9.43. The number of piperazine rings is 1. The topological polar surface area (TPSA) is 49.6 Å². The third kappa shape index (κ3) is 3.65. The van der Waals surface area contributed by atoms with Gasteiger partial charge in [-0.1, -0.05) is 30.3 Å². The SMILES string of the molecule is C[C@H]1CN(c2nc3ccccc3c3nnc(-c4cccs4)n23)CCN1Cc1cccc(F)c1. The highest BCUT2D eigenvalue weighted by atomic mass is 32.1. The molecule has 8 heteroatoms. The van der Waals surface area contributed by atoms with Gasteiger partial charge in [-0.05, 0) is 48.2 Å². The van der Waals surface area contributed by atoms with Crippen molar-refractivity contribution in [2.24, 2.45) is 0 Å². The fourth-order valence-corrected chi connectivity index (χ4v) is 5.32. The van der Waals surface area contributed by atoms with Crippen LogP contribution in [0.25, 0.3) is 27.3 Å². The van der Waals surface area contributed by atoms with Gasteiger partial charge >= 0.3 is 0 Å². The lowest BCUT2D eigenvalue weighted by Crippen LogP contribution is -2.52. The molecule has 5 aromatic rings. The number of nitrogens with zero attached hydrogens (tertiary/aromatic N) is 6. The molecule has 0 radical (unpaired) electrons. The van der Waals surface area contributed by atoms with Gasteiger partial charge < -0.3 is 4.90 Å². The molecular formula is C25H23FN6S. The summed E-state index contributed by atoms with van der Waals surface area (Å²) < 4.78 is 15.8. The number of aromatic nitrogens is 4. The Labute approximate surface area is 194 Å². The molecule has 1 aliphatic rings. The first kappa shape index (κ1) is 20.3. The van der Waals surface area contributed by atoms with E-state index in [1.54, 1.807) is 23.5 Å². The first-order valence-corrected chi connectivity index (χ1v) is 12.0. The number of anilines is 1. The molecular weight excluding hydrogens is 435 g/mol. The van der Waals surface area contributed by atoms with E-state index < -0.39 is 0 Å². The monoisotopic (exact) mass is 458 g/mol. The van der Waals surface area contributed by atoms with Crippen molar-refractivity contribution in [2.45, 2.75) is 19.5 Å². The van der Waals surface area contributed by atoms with Gasteiger partial charge in [0.2, 0.25) is 5.95 Å². The van der Waals surface area contributed by atoms with Gasteiger partial charge in [-0.25, -0.2) is 13.8 Å². The fraction of sp³-hybridized carbons (Fsp3) is 0.240. The second-order valence-electron chi connectivity index (χ2n) is 8.48. The molecule has 1 aliphatic heterocycles. The average molecular weight is 459 g/mol. The zero-order valence-electron chi connectivity index (χ0n) is 18.2. The van der Waals surface area contributed by atoms with E-state index in [4.69, 9.17) is 4.98 Å². The zero-order chi connectivity index (χ0) is 22.4. The van der Waals surface area contributed by atoms with E-state index in [1.807, 2.05) is 36.4 Å². The summed E-state index contributed by atoms with van der Waals surface area (Å²) in [4.78, 5) is 10.9. The highest BCUT2D eigenvalue weighted by Crippen LogP contribution is 2.31. The van der Waals surface area contributed by atoms with E-state index in [9.17, 15) is 4.39 Å². The summed E-state index contributed by atoms with van der Waals surface area (Å²) in [6.07, 6.45) is 0. The van der Waals surface area contributed by atoms with Crippen LogP contribution in [0.5, 0.6) is 0 Å². The molecule has 4 heterocycles. The Morgan fingerprint density at radius 3 is 2.76 bits per heavy atom. The van der Waals surface area contributed by atoms with Crippen LogP contribution >= 0.6 is 11.3 Å². The van der Waals surface area contributed by atoms with Crippen LogP contribution in [0.3, 0.4) is 0 Å². The fourth-order valence-electron chi connectivity index (χ4n) is 4.63. The normalized spacial score (nSPS) is 17.3. The minimum Gasteiger partial charge on any atom is -0.339 e. The summed E-state index contributed by atoms with van der Waals surface area (Å²) in [6, 6.07) is 19.4. The summed E-state index contributed by atoms with van der Waals surface area (Å²) >= 11 is 1.65. The zero-order valence-corrected chi connectivity index (χ0v) is 19.0. The van der Waals surface area contributed by atoms with Crippen molar-refractivity contribution in [1.29, 1.82) is 0 Å². The van der Waals surface area contributed by atoms with Crippen molar-refractivity contribution in [3.63, 3.8) is 0 Å². The number of rotatable bonds is 4. The molecule has 2 aromatic carbocycles. The third-order valence-corrected chi connectivity index (χ3v) is 7.16. The van der Waals surface area contributed by atoms with Crippen LogP contribution < -0.4 is 4.90 Å². The van der Waals surface area contributed by atoms with E-state index in [1.165, 1.54) is 6.07 Å². The molecule has 3 aromatic heterocycles. The van der Waals surface area contributed by atoms with Crippen molar-refractivity contribution in [2.75, 3.05) is 24.5 Å². The van der Waals surface area contributed by atoms with Gasteiger partial charge in [-0.3, -0.25) is 4.90 Å². The predicted molar refractivity (Wildman–Crippen MR) is 130 cm³/mol. The highest BCUT2D eigenvalue weighted by molar-refractivity contribution is 7.13. The lowest BCUT2D eigenvalue weighted by Gasteiger charge is -2.40. The van der Waals surface area contributed by atoms with E-state index >= 15 is 0 Å². The van der Waals surface area contributed by atoms with Crippen LogP contribution in [0.15, 0.2) is 66.0 Å². The van der Waals surface area contributed by atoms with Gasteiger partial charge in [0.25, 0.3) is 0 Å².